The van der Waals surface area contributed by atoms with Crippen molar-refractivity contribution in [2.75, 3.05) is 25.0 Å². The first-order chi connectivity index (χ1) is 10.3. The van der Waals surface area contributed by atoms with Gasteiger partial charge in [-0.05, 0) is 37.9 Å². The molecule has 1 saturated heterocycles. The summed E-state index contributed by atoms with van der Waals surface area (Å²) >= 11 is 0. The fourth-order valence-electron chi connectivity index (χ4n) is 3.30. The van der Waals surface area contributed by atoms with Crippen LogP contribution in [0.4, 0.5) is 5.82 Å². The Labute approximate surface area is 127 Å². The molecule has 0 spiro atoms. The zero-order chi connectivity index (χ0) is 14.7. The standard InChI is InChI=1S/C18H25N3/c1-3-14-8-10-21(11-9-14)18-16(13-19-2)12-15-6-4-5-7-17(15)20-18/h4-7,12,14,19H,3,8-11,13H2,1-2H3. The Bertz CT molecular complexity index is 600. The van der Waals surface area contributed by atoms with Gasteiger partial charge in [0.05, 0.1) is 5.52 Å². The zero-order valence-corrected chi connectivity index (χ0v) is 13.1. The maximum Gasteiger partial charge on any atom is 0.133 e. The van der Waals surface area contributed by atoms with E-state index in [1.165, 1.54) is 36.0 Å². The number of benzene rings is 1. The first-order valence-electron chi connectivity index (χ1n) is 8.10. The van der Waals surface area contributed by atoms with E-state index >= 15 is 0 Å². The van der Waals surface area contributed by atoms with Crippen LogP contribution in [0.2, 0.25) is 0 Å². The molecular weight excluding hydrogens is 258 g/mol. The fourth-order valence-corrected chi connectivity index (χ4v) is 3.30. The van der Waals surface area contributed by atoms with Crippen LogP contribution in [-0.2, 0) is 6.54 Å². The maximum atomic E-state index is 4.95. The summed E-state index contributed by atoms with van der Waals surface area (Å²) in [5.41, 5.74) is 2.41. The Morgan fingerprint density at radius 3 is 2.71 bits per heavy atom. The van der Waals surface area contributed by atoms with Crippen molar-refractivity contribution < 1.29 is 0 Å². The lowest BCUT2D eigenvalue weighted by atomic mass is 9.94. The lowest BCUT2D eigenvalue weighted by Gasteiger charge is -2.33. The van der Waals surface area contributed by atoms with Crippen LogP contribution in [0.15, 0.2) is 30.3 Å². The second-order valence-electron chi connectivity index (χ2n) is 6.03. The average molecular weight is 283 g/mol. The summed E-state index contributed by atoms with van der Waals surface area (Å²) in [6.07, 6.45) is 3.90. The second-order valence-corrected chi connectivity index (χ2v) is 6.03. The first-order valence-corrected chi connectivity index (χ1v) is 8.10. The number of nitrogens with zero attached hydrogens (tertiary/aromatic N) is 2. The molecule has 1 N–H and O–H groups in total. The summed E-state index contributed by atoms with van der Waals surface area (Å²) in [6.45, 7) is 5.46. The molecule has 112 valence electrons. The number of rotatable bonds is 4. The highest BCUT2D eigenvalue weighted by molar-refractivity contribution is 5.81. The molecule has 3 nitrogen and oxygen atoms in total. The van der Waals surface area contributed by atoms with Crippen LogP contribution < -0.4 is 10.2 Å². The highest BCUT2D eigenvalue weighted by atomic mass is 15.2. The van der Waals surface area contributed by atoms with Crippen molar-refractivity contribution in [3.05, 3.63) is 35.9 Å². The van der Waals surface area contributed by atoms with Gasteiger partial charge in [0, 0.05) is 30.6 Å². The Morgan fingerprint density at radius 1 is 1.24 bits per heavy atom. The average Bonchev–Trinajstić information content (AvgIpc) is 2.55. The monoisotopic (exact) mass is 283 g/mol. The van der Waals surface area contributed by atoms with Gasteiger partial charge in [0.2, 0.25) is 0 Å². The summed E-state index contributed by atoms with van der Waals surface area (Å²) in [6, 6.07) is 10.7. The molecule has 3 rings (SSSR count). The molecule has 1 aromatic heterocycles. The molecule has 1 fully saturated rings. The maximum absolute atomic E-state index is 4.95. The Kier molecular flexibility index (Phi) is 4.39. The number of hydrogen-bond donors (Lipinski definition) is 1. The van der Waals surface area contributed by atoms with E-state index in [9.17, 15) is 0 Å². The normalized spacial score (nSPS) is 16.6. The summed E-state index contributed by atoms with van der Waals surface area (Å²) in [4.78, 5) is 7.43. The fraction of sp³-hybridized carbons (Fsp3) is 0.500. The van der Waals surface area contributed by atoms with E-state index in [1.807, 2.05) is 7.05 Å². The van der Waals surface area contributed by atoms with Gasteiger partial charge >= 0.3 is 0 Å². The Morgan fingerprint density at radius 2 is 2.00 bits per heavy atom. The Hall–Kier alpha value is -1.61. The smallest absolute Gasteiger partial charge is 0.133 e. The van der Waals surface area contributed by atoms with Crippen LogP contribution in [0.5, 0.6) is 0 Å². The van der Waals surface area contributed by atoms with E-state index in [1.54, 1.807) is 0 Å². The van der Waals surface area contributed by atoms with Crippen LogP contribution in [0, 0.1) is 5.92 Å². The lowest BCUT2D eigenvalue weighted by molar-refractivity contribution is 0.393. The molecule has 2 heterocycles. The van der Waals surface area contributed by atoms with E-state index in [-0.39, 0.29) is 0 Å². The molecule has 1 aliphatic heterocycles. The van der Waals surface area contributed by atoms with Crippen LogP contribution in [0.25, 0.3) is 10.9 Å². The van der Waals surface area contributed by atoms with Crippen molar-refractivity contribution in [1.29, 1.82) is 0 Å². The molecule has 21 heavy (non-hydrogen) atoms. The van der Waals surface area contributed by atoms with E-state index in [0.29, 0.717) is 0 Å². The number of para-hydroxylation sites is 1. The molecule has 2 aromatic rings. The number of piperidine rings is 1. The molecule has 0 aliphatic carbocycles. The topological polar surface area (TPSA) is 28.2 Å². The van der Waals surface area contributed by atoms with E-state index < -0.39 is 0 Å². The van der Waals surface area contributed by atoms with Crippen molar-refractivity contribution >= 4 is 16.7 Å². The van der Waals surface area contributed by atoms with Gasteiger partial charge in [0.15, 0.2) is 0 Å². The third kappa shape index (κ3) is 3.03. The third-order valence-corrected chi connectivity index (χ3v) is 4.64. The highest BCUT2D eigenvalue weighted by Gasteiger charge is 2.21. The predicted octanol–water partition coefficient (Wildman–Crippen LogP) is 3.58. The van der Waals surface area contributed by atoms with Crippen molar-refractivity contribution in [3.63, 3.8) is 0 Å². The molecule has 0 radical (unpaired) electrons. The number of nitrogens with one attached hydrogen (secondary N) is 1. The zero-order valence-electron chi connectivity index (χ0n) is 13.1. The van der Waals surface area contributed by atoms with Gasteiger partial charge in [-0.2, -0.15) is 0 Å². The molecule has 0 atom stereocenters. The quantitative estimate of drug-likeness (QED) is 0.929. The number of fused-ring (bicyclic) bond motifs is 1. The minimum absolute atomic E-state index is 0.876. The van der Waals surface area contributed by atoms with Crippen molar-refractivity contribution in [2.24, 2.45) is 5.92 Å². The minimum atomic E-state index is 0.876. The first kappa shape index (κ1) is 14.3. The lowest BCUT2D eigenvalue weighted by Crippen LogP contribution is -2.35. The van der Waals surface area contributed by atoms with Gasteiger partial charge in [0.1, 0.15) is 5.82 Å². The summed E-state index contributed by atoms with van der Waals surface area (Å²) in [5, 5.41) is 4.51. The Balaban J connectivity index is 1.94. The van der Waals surface area contributed by atoms with Crippen molar-refractivity contribution in [3.8, 4) is 0 Å². The number of aromatic nitrogens is 1. The molecule has 0 saturated carbocycles. The molecule has 0 bridgehead atoms. The van der Waals surface area contributed by atoms with Crippen LogP contribution in [-0.4, -0.2) is 25.1 Å². The minimum Gasteiger partial charge on any atom is -0.356 e. The van der Waals surface area contributed by atoms with Gasteiger partial charge in [-0.3, -0.25) is 0 Å². The van der Waals surface area contributed by atoms with Crippen molar-refractivity contribution in [2.45, 2.75) is 32.7 Å². The van der Waals surface area contributed by atoms with Crippen LogP contribution in [0.3, 0.4) is 0 Å². The van der Waals surface area contributed by atoms with E-state index in [0.717, 1.165) is 31.1 Å². The molecular formula is C18H25N3. The number of anilines is 1. The van der Waals surface area contributed by atoms with Gasteiger partial charge in [0.25, 0.3) is 0 Å². The molecule has 3 heteroatoms. The van der Waals surface area contributed by atoms with Gasteiger partial charge in [-0.25, -0.2) is 4.98 Å². The SMILES string of the molecule is CCC1CCN(c2nc3ccccc3cc2CNC)CC1. The van der Waals surface area contributed by atoms with Crippen LogP contribution >= 0.6 is 0 Å². The van der Waals surface area contributed by atoms with Gasteiger partial charge in [-0.15, -0.1) is 0 Å². The molecule has 1 aromatic carbocycles. The van der Waals surface area contributed by atoms with E-state index in [2.05, 4.69) is 47.5 Å². The molecule has 0 unspecified atom stereocenters. The summed E-state index contributed by atoms with van der Waals surface area (Å²) < 4.78 is 0. The van der Waals surface area contributed by atoms with Gasteiger partial charge < -0.3 is 10.2 Å². The van der Waals surface area contributed by atoms with Gasteiger partial charge in [-0.1, -0.05) is 31.5 Å². The van der Waals surface area contributed by atoms with Crippen LogP contribution in [0.1, 0.15) is 31.7 Å². The number of hydrogen-bond acceptors (Lipinski definition) is 3. The predicted molar refractivity (Wildman–Crippen MR) is 89.7 cm³/mol. The highest BCUT2D eigenvalue weighted by Crippen LogP contribution is 2.28. The molecule has 1 aliphatic rings. The third-order valence-electron chi connectivity index (χ3n) is 4.64. The summed E-state index contributed by atoms with van der Waals surface area (Å²) in [7, 11) is 2.00. The molecule has 0 amide bonds. The number of pyridine rings is 1. The van der Waals surface area contributed by atoms with Crippen molar-refractivity contribution in [1.82, 2.24) is 10.3 Å². The van der Waals surface area contributed by atoms with E-state index in [4.69, 9.17) is 4.98 Å². The largest absolute Gasteiger partial charge is 0.356 e. The summed E-state index contributed by atoms with van der Waals surface area (Å²) in [5.74, 6) is 2.08. The second kappa shape index (κ2) is 6.44.